The van der Waals surface area contributed by atoms with Gasteiger partial charge in [0.1, 0.15) is 11.6 Å². The Morgan fingerprint density at radius 2 is 2.18 bits per heavy atom. The first-order chi connectivity index (χ1) is 7.85. The fourth-order valence-electron chi connectivity index (χ4n) is 1.06. The van der Waals surface area contributed by atoms with Crippen LogP contribution in [0.25, 0.3) is 0 Å². The number of anilines is 1. The maximum Gasteiger partial charge on any atom is 0.408 e. The molecular weight excluding hydrogens is 263 g/mol. The van der Waals surface area contributed by atoms with Gasteiger partial charge in [0.25, 0.3) is 5.56 Å². The van der Waals surface area contributed by atoms with Crippen molar-refractivity contribution in [3.63, 3.8) is 0 Å². The molecular formula is C8H9ClF3N3O2. The minimum atomic E-state index is -4.54. The molecule has 0 bridgehead atoms. The van der Waals surface area contributed by atoms with Crippen molar-refractivity contribution < 1.29 is 18.3 Å². The highest BCUT2D eigenvalue weighted by atomic mass is 35.5. The highest BCUT2D eigenvalue weighted by Crippen LogP contribution is 2.18. The first kappa shape index (κ1) is 13.8. The molecule has 1 aromatic rings. The van der Waals surface area contributed by atoms with Crippen molar-refractivity contribution >= 4 is 17.3 Å². The topological polar surface area (TPSA) is 67.2 Å². The fourth-order valence-corrected chi connectivity index (χ4v) is 1.27. The molecule has 0 radical (unpaired) electrons. The average Bonchev–Trinajstić information content (AvgIpc) is 2.22. The number of nitrogens with one attached hydrogen (secondary N) is 1. The molecule has 0 atom stereocenters. The molecule has 1 aromatic heterocycles. The zero-order valence-electron chi connectivity index (χ0n) is 8.46. The normalized spacial score (nSPS) is 11.6. The molecule has 17 heavy (non-hydrogen) atoms. The van der Waals surface area contributed by atoms with Crippen molar-refractivity contribution in [2.24, 2.45) is 0 Å². The third-order valence-electron chi connectivity index (χ3n) is 1.74. The average molecular weight is 272 g/mol. The van der Waals surface area contributed by atoms with E-state index >= 15 is 0 Å². The smallest absolute Gasteiger partial charge is 0.395 e. The third kappa shape index (κ3) is 3.90. The molecule has 96 valence electrons. The van der Waals surface area contributed by atoms with Crippen LogP contribution in [0.15, 0.2) is 11.0 Å². The number of halogens is 4. The Kier molecular flexibility index (Phi) is 4.35. The van der Waals surface area contributed by atoms with E-state index in [1.54, 1.807) is 0 Å². The van der Waals surface area contributed by atoms with E-state index in [1.807, 2.05) is 0 Å². The molecule has 5 nitrogen and oxygen atoms in total. The number of aromatic nitrogens is 2. The van der Waals surface area contributed by atoms with Gasteiger partial charge in [0, 0.05) is 6.54 Å². The molecule has 1 heterocycles. The molecule has 0 saturated heterocycles. The summed E-state index contributed by atoms with van der Waals surface area (Å²) in [5.74, 6) is 0. The summed E-state index contributed by atoms with van der Waals surface area (Å²) in [5.41, 5.74) is -0.948. The van der Waals surface area contributed by atoms with Crippen molar-refractivity contribution in [3.05, 3.63) is 21.6 Å². The van der Waals surface area contributed by atoms with Gasteiger partial charge in [-0.1, -0.05) is 11.6 Å². The van der Waals surface area contributed by atoms with Gasteiger partial charge in [-0.15, -0.1) is 0 Å². The summed E-state index contributed by atoms with van der Waals surface area (Å²) in [7, 11) is 0. The standard InChI is InChI=1S/C8H9ClF3N3O2/c9-6-5(13-1-2-16)3-14-15(7(6)17)4-8(10,11)12/h3,13,16H,1-2,4H2. The van der Waals surface area contributed by atoms with Gasteiger partial charge in [-0.2, -0.15) is 18.3 Å². The summed E-state index contributed by atoms with van der Waals surface area (Å²) in [6.45, 7) is -1.59. The van der Waals surface area contributed by atoms with Crippen molar-refractivity contribution in [3.8, 4) is 0 Å². The number of hydrogen-bond donors (Lipinski definition) is 2. The highest BCUT2D eigenvalue weighted by Gasteiger charge is 2.29. The third-order valence-corrected chi connectivity index (χ3v) is 2.11. The van der Waals surface area contributed by atoms with E-state index in [4.69, 9.17) is 16.7 Å². The Hall–Kier alpha value is -1.28. The molecule has 9 heteroatoms. The van der Waals surface area contributed by atoms with E-state index in [0.717, 1.165) is 6.20 Å². The highest BCUT2D eigenvalue weighted by molar-refractivity contribution is 6.32. The lowest BCUT2D eigenvalue weighted by Gasteiger charge is -2.10. The molecule has 0 fully saturated rings. The van der Waals surface area contributed by atoms with Crippen LogP contribution in [0, 0.1) is 0 Å². The molecule has 0 aliphatic heterocycles. The SMILES string of the molecule is O=c1c(Cl)c(NCCO)cnn1CC(F)(F)F. The van der Waals surface area contributed by atoms with Crippen LogP contribution in [0.3, 0.4) is 0 Å². The first-order valence-electron chi connectivity index (χ1n) is 4.52. The zero-order valence-corrected chi connectivity index (χ0v) is 9.22. The molecule has 1 rings (SSSR count). The second-order valence-electron chi connectivity index (χ2n) is 3.10. The Balaban J connectivity index is 2.99. The molecule has 0 spiro atoms. The van der Waals surface area contributed by atoms with Crippen molar-refractivity contribution in [1.82, 2.24) is 9.78 Å². The Morgan fingerprint density at radius 1 is 1.53 bits per heavy atom. The van der Waals surface area contributed by atoms with Gasteiger partial charge >= 0.3 is 6.18 Å². The largest absolute Gasteiger partial charge is 0.408 e. The molecule has 2 N–H and O–H groups in total. The minimum absolute atomic E-state index is 0.0872. The second kappa shape index (κ2) is 5.37. The van der Waals surface area contributed by atoms with E-state index in [1.165, 1.54) is 0 Å². The molecule has 0 unspecified atom stereocenters. The molecule has 0 amide bonds. The van der Waals surface area contributed by atoms with Gasteiger partial charge in [-0.05, 0) is 0 Å². The summed E-state index contributed by atoms with van der Waals surface area (Å²) in [6.07, 6.45) is -3.54. The van der Waals surface area contributed by atoms with Crippen LogP contribution in [-0.2, 0) is 6.54 Å². The maximum atomic E-state index is 12.1. The number of rotatable bonds is 4. The van der Waals surface area contributed by atoms with Crippen LogP contribution >= 0.6 is 11.6 Å². The van der Waals surface area contributed by atoms with E-state index in [2.05, 4.69) is 10.4 Å². The number of alkyl halides is 3. The predicted molar refractivity (Wildman–Crippen MR) is 55.1 cm³/mol. The number of hydrogen-bond acceptors (Lipinski definition) is 4. The van der Waals surface area contributed by atoms with Gasteiger partial charge in [-0.25, -0.2) is 4.68 Å². The zero-order chi connectivity index (χ0) is 13.1. The van der Waals surface area contributed by atoms with Crippen LogP contribution in [0.2, 0.25) is 5.02 Å². The Bertz CT molecular complexity index is 447. The van der Waals surface area contributed by atoms with Crippen molar-refractivity contribution in [2.45, 2.75) is 12.7 Å². The number of aliphatic hydroxyl groups excluding tert-OH is 1. The van der Waals surface area contributed by atoms with Crippen LogP contribution in [-0.4, -0.2) is 34.2 Å². The molecule has 0 aliphatic carbocycles. The first-order valence-corrected chi connectivity index (χ1v) is 4.90. The number of aliphatic hydroxyl groups is 1. The van der Waals surface area contributed by atoms with Crippen molar-refractivity contribution in [2.75, 3.05) is 18.5 Å². The van der Waals surface area contributed by atoms with Gasteiger partial charge in [0.15, 0.2) is 0 Å². The summed E-state index contributed by atoms with van der Waals surface area (Å²) in [6, 6.07) is 0. The Morgan fingerprint density at radius 3 is 2.71 bits per heavy atom. The lowest BCUT2D eigenvalue weighted by Crippen LogP contribution is -2.31. The van der Waals surface area contributed by atoms with Crippen molar-refractivity contribution in [1.29, 1.82) is 0 Å². The monoisotopic (exact) mass is 271 g/mol. The molecule has 0 aliphatic rings. The molecule has 0 saturated carbocycles. The van der Waals surface area contributed by atoms with E-state index < -0.39 is 23.3 Å². The summed E-state index contributed by atoms with van der Waals surface area (Å²) in [5, 5.41) is 14.0. The quantitative estimate of drug-likeness (QED) is 0.852. The van der Waals surface area contributed by atoms with Crippen LogP contribution in [0.5, 0.6) is 0 Å². The lowest BCUT2D eigenvalue weighted by atomic mass is 10.4. The van der Waals surface area contributed by atoms with Gasteiger partial charge in [-0.3, -0.25) is 4.79 Å². The number of nitrogens with zero attached hydrogens (tertiary/aromatic N) is 2. The summed E-state index contributed by atoms with van der Waals surface area (Å²) >= 11 is 5.58. The fraction of sp³-hybridized carbons (Fsp3) is 0.500. The summed E-state index contributed by atoms with van der Waals surface area (Å²) < 4.78 is 36.4. The summed E-state index contributed by atoms with van der Waals surface area (Å²) in [4.78, 5) is 11.4. The van der Waals surface area contributed by atoms with Gasteiger partial charge < -0.3 is 10.4 Å². The molecule has 0 aromatic carbocycles. The van der Waals surface area contributed by atoms with Crippen LogP contribution < -0.4 is 10.9 Å². The lowest BCUT2D eigenvalue weighted by molar-refractivity contribution is -0.143. The Labute approximate surface area is 98.8 Å². The van der Waals surface area contributed by atoms with Crippen LogP contribution in [0.1, 0.15) is 0 Å². The van der Waals surface area contributed by atoms with E-state index in [9.17, 15) is 18.0 Å². The van der Waals surface area contributed by atoms with Gasteiger partial charge in [0.2, 0.25) is 0 Å². The van der Waals surface area contributed by atoms with E-state index in [-0.39, 0.29) is 23.5 Å². The van der Waals surface area contributed by atoms with Gasteiger partial charge in [0.05, 0.1) is 18.5 Å². The second-order valence-corrected chi connectivity index (χ2v) is 3.48. The van der Waals surface area contributed by atoms with Crippen LogP contribution in [0.4, 0.5) is 18.9 Å². The maximum absolute atomic E-state index is 12.1. The van der Waals surface area contributed by atoms with E-state index in [0.29, 0.717) is 0 Å². The minimum Gasteiger partial charge on any atom is -0.395 e. The predicted octanol–water partition coefficient (Wildman–Crippen LogP) is 0.863.